The number of hydrogen-bond acceptors (Lipinski definition) is 3. The first-order valence-electron chi connectivity index (χ1n) is 4.57. The molecule has 0 aliphatic rings. The van der Waals surface area contributed by atoms with E-state index in [9.17, 15) is 8.42 Å². The maximum absolute atomic E-state index is 10.6. The summed E-state index contributed by atoms with van der Waals surface area (Å²) in [6.07, 6.45) is 0.310. The summed E-state index contributed by atoms with van der Waals surface area (Å²) in [6.45, 7) is 5.85. The molecule has 0 bridgehead atoms. The Bertz CT molecular complexity index is 459. The Kier molecular flexibility index (Phi) is 4.58. The zero-order valence-corrected chi connectivity index (χ0v) is 10.1. The lowest BCUT2D eigenvalue weighted by molar-refractivity contribution is 0.316. The summed E-state index contributed by atoms with van der Waals surface area (Å²) in [5, 5.41) is 5.35. The molecule has 0 aliphatic carbocycles. The van der Waals surface area contributed by atoms with Gasteiger partial charge in [-0.1, -0.05) is 17.7 Å². The van der Waals surface area contributed by atoms with Crippen molar-refractivity contribution in [2.75, 3.05) is 12.4 Å². The summed E-state index contributed by atoms with van der Waals surface area (Å²) < 4.78 is 26.6. The molecule has 0 fully saturated rings. The van der Waals surface area contributed by atoms with Gasteiger partial charge in [-0.25, -0.2) is 13.6 Å². The van der Waals surface area contributed by atoms with Gasteiger partial charge in [-0.05, 0) is 24.1 Å². The third-order valence-corrected chi connectivity index (χ3v) is 2.90. The number of ether oxygens (including phenoxy) is 1. The second-order valence-corrected chi connectivity index (χ2v) is 5.42. The third-order valence-electron chi connectivity index (χ3n) is 1.81. The molecule has 0 heterocycles. The van der Waals surface area contributed by atoms with Gasteiger partial charge in [0, 0.05) is 11.9 Å². The summed E-state index contributed by atoms with van der Waals surface area (Å²) in [5.41, 5.74) is 0.458. The lowest BCUT2D eigenvalue weighted by atomic mass is 10.2. The summed E-state index contributed by atoms with van der Waals surface area (Å²) in [7, 11) is -3.43. The second kappa shape index (κ2) is 5.52. The number of rotatable bonds is 5. The van der Waals surface area contributed by atoms with E-state index >= 15 is 0 Å². The molecule has 2 radical (unpaired) electrons. The molecule has 1 rings (SSSR count). The Balaban J connectivity index is 2.46. The van der Waals surface area contributed by atoms with Crippen LogP contribution in [-0.4, -0.2) is 20.8 Å². The molecular formula is C10H12ClNO3S. The van der Waals surface area contributed by atoms with Crippen LogP contribution in [0.1, 0.15) is 12.0 Å². The van der Waals surface area contributed by atoms with Crippen molar-refractivity contribution in [2.45, 2.75) is 6.42 Å². The zero-order chi connectivity index (χ0) is 12.2. The topological polar surface area (TPSA) is 69.4 Å². The number of sulfonamides is 1. The summed E-state index contributed by atoms with van der Waals surface area (Å²) >= 11 is 5.75. The highest BCUT2D eigenvalue weighted by Crippen LogP contribution is 2.22. The van der Waals surface area contributed by atoms with Gasteiger partial charge in [0.25, 0.3) is 0 Å². The lowest BCUT2D eigenvalue weighted by Gasteiger charge is -2.08. The maximum atomic E-state index is 10.6. The Labute approximate surface area is 100 Å². The van der Waals surface area contributed by atoms with Gasteiger partial charge in [0.05, 0.1) is 12.4 Å². The Morgan fingerprint density at radius 2 is 2.12 bits per heavy atom. The minimum Gasteiger partial charge on any atom is -0.493 e. The van der Waals surface area contributed by atoms with Gasteiger partial charge < -0.3 is 4.74 Å². The number of halogens is 1. The van der Waals surface area contributed by atoms with Crippen molar-refractivity contribution < 1.29 is 13.2 Å². The standard InChI is InChI=1S/C10H12ClNO3S/c1-8-3-4-9(11)7-10(8)15-5-2-6-16(12,13)14/h1,3-4,7H,2,5-6H2,(H2,12,13,14). The highest BCUT2D eigenvalue weighted by Gasteiger charge is 2.04. The molecule has 16 heavy (non-hydrogen) atoms. The predicted octanol–water partition coefficient (Wildman–Crippen LogP) is 1.46. The van der Waals surface area contributed by atoms with Gasteiger partial charge in [0.15, 0.2) is 0 Å². The molecule has 0 unspecified atom stereocenters. The van der Waals surface area contributed by atoms with E-state index < -0.39 is 10.0 Å². The van der Waals surface area contributed by atoms with Gasteiger partial charge in [-0.2, -0.15) is 0 Å². The second-order valence-electron chi connectivity index (χ2n) is 3.25. The Hall–Kier alpha value is -0.780. The van der Waals surface area contributed by atoms with Crippen molar-refractivity contribution in [1.82, 2.24) is 0 Å². The van der Waals surface area contributed by atoms with Crippen LogP contribution in [-0.2, 0) is 10.0 Å². The lowest BCUT2D eigenvalue weighted by Crippen LogP contribution is -2.18. The average Bonchev–Trinajstić information content (AvgIpc) is 2.16. The minimum absolute atomic E-state index is 0.118. The molecule has 6 heteroatoms. The predicted molar refractivity (Wildman–Crippen MR) is 62.9 cm³/mol. The van der Waals surface area contributed by atoms with Crippen molar-refractivity contribution in [3.8, 4) is 5.75 Å². The number of benzene rings is 1. The summed E-state index contributed by atoms with van der Waals surface area (Å²) in [4.78, 5) is 0. The monoisotopic (exact) mass is 261 g/mol. The van der Waals surface area contributed by atoms with Gasteiger partial charge in [0.1, 0.15) is 5.75 Å². The van der Waals surface area contributed by atoms with E-state index in [2.05, 4.69) is 0 Å². The van der Waals surface area contributed by atoms with E-state index in [1.54, 1.807) is 18.2 Å². The number of primary sulfonamides is 1. The molecule has 0 saturated carbocycles. The van der Waals surface area contributed by atoms with Crippen molar-refractivity contribution >= 4 is 21.6 Å². The van der Waals surface area contributed by atoms with E-state index in [1.165, 1.54) is 0 Å². The van der Waals surface area contributed by atoms with E-state index in [1.807, 2.05) is 0 Å². The van der Waals surface area contributed by atoms with Crippen LogP contribution in [0, 0.1) is 6.92 Å². The fourth-order valence-corrected chi connectivity index (χ4v) is 1.76. The van der Waals surface area contributed by atoms with Crippen LogP contribution in [0.5, 0.6) is 5.75 Å². The molecule has 0 spiro atoms. The Morgan fingerprint density at radius 1 is 1.44 bits per heavy atom. The van der Waals surface area contributed by atoms with Crippen molar-refractivity contribution in [1.29, 1.82) is 0 Å². The number of nitrogens with two attached hydrogens (primary N) is 1. The minimum atomic E-state index is -3.43. The van der Waals surface area contributed by atoms with Crippen molar-refractivity contribution in [3.63, 3.8) is 0 Å². The van der Waals surface area contributed by atoms with E-state index in [0.717, 1.165) is 0 Å². The fourth-order valence-electron chi connectivity index (χ4n) is 1.08. The number of hydrogen-bond donors (Lipinski definition) is 1. The highest BCUT2D eigenvalue weighted by molar-refractivity contribution is 7.89. The van der Waals surface area contributed by atoms with Crippen molar-refractivity contribution in [2.24, 2.45) is 5.14 Å². The first-order valence-corrected chi connectivity index (χ1v) is 6.66. The third kappa shape index (κ3) is 4.83. The Morgan fingerprint density at radius 3 is 2.75 bits per heavy atom. The largest absolute Gasteiger partial charge is 0.493 e. The molecule has 88 valence electrons. The van der Waals surface area contributed by atoms with Crippen LogP contribution in [0.4, 0.5) is 0 Å². The molecule has 0 aromatic heterocycles. The van der Waals surface area contributed by atoms with Gasteiger partial charge in [0.2, 0.25) is 10.0 Å². The van der Waals surface area contributed by atoms with E-state index in [4.69, 9.17) is 28.4 Å². The van der Waals surface area contributed by atoms with Crippen LogP contribution in [0.3, 0.4) is 0 Å². The summed E-state index contributed by atoms with van der Waals surface area (Å²) in [6, 6.07) is 4.85. The van der Waals surface area contributed by atoms with E-state index in [0.29, 0.717) is 22.8 Å². The molecular weight excluding hydrogens is 250 g/mol. The van der Waals surface area contributed by atoms with Crippen LogP contribution in [0.15, 0.2) is 18.2 Å². The molecule has 0 atom stereocenters. The molecule has 2 N–H and O–H groups in total. The normalized spacial score (nSPS) is 11.4. The SMILES string of the molecule is [CH]c1ccc(Cl)cc1OCCCS(N)(=O)=O. The molecule has 0 aliphatic heterocycles. The van der Waals surface area contributed by atoms with E-state index in [-0.39, 0.29) is 12.4 Å². The van der Waals surface area contributed by atoms with Crippen LogP contribution in [0.25, 0.3) is 0 Å². The zero-order valence-electron chi connectivity index (χ0n) is 8.52. The summed E-state index contributed by atoms with van der Waals surface area (Å²) in [5.74, 6) is 0.329. The molecule has 0 amide bonds. The average molecular weight is 262 g/mol. The van der Waals surface area contributed by atoms with Crippen LogP contribution in [0.2, 0.25) is 5.02 Å². The van der Waals surface area contributed by atoms with Gasteiger partial charge in [-0.3, -0.25) is 0 Å². The van der Waals surface area contributed by atoms with Crippen LogP contribution < -0.4 is 9.88 Å². The fraction of sp³-hybridized carbons (Fsp3) is 0.300. The van der Waals surface area contributed by atoms with Gasteiger partial charge in [-0.15, -0.1) is 0 Å². The molecule has 0 saturated heterocycles. The van der Waals surface area contributed by atoms with Gasteiger partial charge >= 0.3 is 0 Å². The van der Waals surface area contributed by atoms with Crippen LogP contribution >= 0.6 is 11.6 Å². The highest BCUT2D eigenvalue weighted by atomic mass is 35.5. The first kappa shape index (κ1) is 13.3. The quantitative estimate of drug-likeness (QED) is 0.816. The molecule has 1 aromatic rings. The maximum Gasteiger partial charge on any atom is 0.209 e. The smallest absolute Gasteiger partial charge is 0.209 e. The molecule has 1 aromatic carbocycles. The first-order chi connectivity index (χ1) is 7.38. The molecule has 4 nitrogen and oxygen atoms in total. The van der Waals surface area contributed by atoms with Crippen molar-refractivity contribution in [3.05, 3.63) is 35.7 Å².